The number of carboxylic acid groups (broad SMARTS) is 2. The van der Waals surface area contributed by atoms with E-state index >= 15 is 0 Å². The number of aryl methyl sites for hydroxylation is 1. The molecule has 0 saturated carbocycles. The topological polar surface area (TPSA) is 148 Å². The SMILES string of the molecule is O=C(CSc1cc(Cl)ccc1Cl)N[C@@H]1C(=O)N2C(C(=O)O)=C(CSc3cc[n+](CCC[C@@H](O)C(=O)O)cc3)CS[C@H]12. The molecule has 4 rings (SSSR count). The zero-order chi connectivity index (χ0) is 29.7. The lowest BCUT2D eigenvalue weighted by Gasteiger charge is -2.49. The minimum absolute atomic E-state index is 0.0199. The molecule has 1 aromatic carbocycles. The molecule has 0 radical (unpaired) electrons. The third-order valence-corrected chi connectivity index (χ3v) is 10.4. The summed E-state index contributed by atoms with van der Waals surface area (Å²) < 4.78 is 1.87. The molecule has 1 aromatic heterocycles. The zero-order valence-corrected chi connectivity index (χ0v) is 25.3. The van der Waals surface area contributed by atoms with Crippen LogP contribution >= 0.6 is 58.5 Å². The third-order valence-electron chi connectivity index (χ3n) is 6.27. The van der Waals surface area contributed by atoms with Crippen molar-refractivity contribution in [2.45, 2.75) is 46.7 Å². The number of nitrogens with zero attached hydrogens (tertiary/aromatic N) is 2. The van der Waals surface area contributed by atoms with E-state index in [-0.39, 0.29) is 23.8 Å². The number of carboxylic acids is 2. The number of hydrogen-bond donors (Lipinski definition) is 4. The van der Waals surface area contributed by atoms with Gasteiger partial charge in [0.15, 0.2) is 18.5 Å². The number of aromatic nitrogens is 1. The summed E-state index contributed by atoms with van der Waals surface area (Å²) >= 11 is 16.2. The fraction of sp³-hybridized carbons (Fsp3) is 0.346. The molecule has 0 bridgehead atoms. The molecular weight excluding hydrogens is 633 g/mol. The van der Waals surface area contributed by atoms with Gasteiger partial charge in [0, 0.05) is 44.9 Å². The number of hydrogen-bond acceptors (Lipinski definition) is 8. The second-order valence-corrected chi connectivity index (χ2v) is 13.1. The Labute approximate surface area is 258 Å². The molecule has 0 spiro atoms. The first-order valence-corrected chi connectivity index (χ1v) is 16.1. The van der Waals surface area contributed by atoms with Gasteiger partial charge in [-0.15, -0.1) is 35.3 Å². The molecule has 2 aliphatic heterocycles. The van der Waals surface area contributed by atoms with Gasteiger partial charge in [0.1, 0.15) is 23.7 Å². The first-order valence-electron chi connectivity index (χ1n) is 12.3. The number of aliphatic hydroxyl groups excluding tert-OH is 1. The molecule has 0 aliphatic carbocycles. The molecule has 10 nitrogen and oxygen atoms in total. The Balaban J connectivity index is 1.31. The molecule has 2 aromatic rings. The van der Waals surface area contributed by atoms with Crippen LogP contribution in [-0.4, -0.2) is 78.8 Å². The highest BCUT2D eigenvalue weighted by Gasteiger charge is 2.54. The maximum atomic E-state index is 12.9. The van der Waals surface area contributed by atoms with Crippen molar-refractivity contribution in [2.24, 2.45) is 0 Å². The molecule has 1 saturated heterocycles. The van der Waals surface area contributed by atoms with Crippen LogP contribution in [0.15, 0.2) is 63.8 Å². The van der Waals surface area contributed by atoms with Crippen LogP contribution in [0.25, 0.3) is 0 Å². The number of halogens is 2. The first kappa shape index (κ1) is 31.5. The normalized spacial score (nSPS) is 18.9. The first-order chi connectivity index (χ1) is 19.5. The summed E-state index contributed by atoms with van der Waals surface area (Å²) in [5.74, 6) is -2.47. The van der Waals surface area contributed by atoms with E-state index in [1.165, 1.54) is 40.2 Å². The van der Waals surface area contributed by atoms with Crippen molar-refractivity contribution in [2.75, 3.05) is 17.3 Å². The van der Waals surface area contributed by atoms with Gasteiger partial charge in [0.2, 0.25) is 5.91 Å². The van der Waals surface area contributed by atoms with E-state index in [0.717, 1.165) is 4.90 Å². The average Bonchev–Trinajstić information content (AvgIpc) is 2.95. The molecule has 41 heavy (non-hydrogen) atoms. The number of fused-ring (bicyclic) bond motifs is 1. The molecule has 15 heteroatoms. The number of amides is 2. The summed E-state index contributed by atoms with van der Waals surface area (Å²) in [5, 5.41) is 31.2. The van der Waals surface area contributed by atoms with Crippen molar-refractivity contribution >= 4 is 82.2 Å². The number of aliphatic hydroxyl groups is 1. The van der Waals surface area contributed by atoms with Gasteiger partial charge in [0.25, 0.3) is 5.91 Å². The molecular formula is C26H26Cl2N3O7S3+. The van der Waals surface area contributed by atoms with E-state index in [9.17, 15) is 29.4 Å². The number of β-lactam (4-membered cyclic amide) rings is 1. The van der Waals surface area contributed by atoms with Gasteiger partial charge in [-0.05, 0) is 30.2 Å². The Morgan fingerprint density at radius 3 is 2.56 bits per heavy atom. The largest absolute Gasteiger partial charge is 0.479 e. The Hall–Kier alpha value is -2.42. The quantitative estimate of drug-likeness (QED) is 0.144. The van der Waals surface area contributed by atoms with Gasteiger partial charge < -0.3 is 20.6 Å². The number of benzene rings is 1. The fourth-order valence-corrected chi connectivity index (χ4v) is 7.86. The highest BCUT2D eigenvalue weighted by molar-refractivity contribution is 8.01. The number of pyridine rings is 1. The number of nitrogens with one attached hydrogen (secondary N) is 1. The van der Waals surface area contributed by atoms with E-state index in [2.05, 4.69) is 5.32 Å². The van der Waals surface area contributed by atoms with Crippen molar-refractivity contribution in [1.82, 2.24) is 10.2 Å². The third kappa shape index (κ3) is 7.90. The molecule has 0 unspecified atom stereocenters. The summed E-state index contributed by atoms with van der Waals surface area (Å²) in [5.41, 5.74) is 0.576. The Morgan fingerprint density at radius 1 is 1.15 bits per heavy atom. The number of carbonyl (C=O) groups excluding carboxylic acids is 2. The summed E-state index contributed by atoms with van der Waals surface area (Å²) in [4.78, 5) is 51.2. The minimum Gasteiger partial charge on any atom is -0.479 e. The van der Waals surface area contributed by atoms with Crippen LogP contribution in [0.3, 0.4) is 0 Å². The lowest BCUT2D eigenvalue weighted by molar-refractivity contribution is -0.697. The lowest BCUT2D eigenvalue weighted by Crippen LogP contribution is -2.70. The molecule has 3 heterocycles. The van der Waals surface area contributed by atoms with E-state index < -0.39 is 35.4 Å². The minimum atomic E-state index is -1.38. The smallest absolute Gasteiger partial charge is 0.352 e. The molecule has 2 amide bonds. The van der Waals surface area contributed by atoms with Crippen LogP contribution < -0.4 is 9.88 Å². The van der Waals surface area contributed by atoms with Crippen LogP contribution in [-0.2, 0) is 25.7 Å². The monoisotopic (exact) mass is 658 g/mol. The van der Waals surface area contributed by atoms with Gasteiger partial charge in [-0.3, -0.25) is 14.5 Å². The van der Waals surface area contributed by atoms with Crippen LogP contribution in [0.1, 0.15) is 12.8 Å². The van der Waals surface area contributed by atoms with Gasteiger partial charge in [-0.2, -0.15) is 0 Å². The Bertz CT molecular complexity index is 1380. The number of carbonyl (C=O) groups is 4. The number of rotatable bonds is 13. The fourth-order valence-electron chi connectivity index (χ4n) is 4.19. The van der Waals surface area contributed by atoms with Gasteiger partial charge in [-0.1, -0.05) is 23.2 Å². The highest BCUT2D eigenvalue weighted by Crippen LogP contribution is 2.41. The number of aliphatic carboxylic acids is 2. The van der Waals surface area contributed by atoms with E-state index in [4.69, 9.17) is 28.3 Å². The highest BCUT2D eigenvalue weighted by atomic mass is 35.5. The van der Waals surface area contributed by atoms with Crippen molar-refractivity contribution in [3.63, 3.8) is 0 Å². The number of thioether (sulfide) groups is 3. The maximum Gasteiger partial charge on any atom is 0.352 e. The lowest BCUT2D eigenvalue weighted by atomic mass is 10.0. The molecule has 1 fully saturated rings. The predicted octanol–water partition coefficient (Wildman–Crippen LogP) is 3.13. The van der Waals surface area contributed by atoms with Crippen LogP contribution in [0, 0.1) is 0 Å². The summed E-state index contributed by atoms with van der Waals surface area (Å²) in [6.45, 7) is 0.545. The molecule has 3 atom stereocenters. The van der Waals surface area contributed by atoms with E-state index in [1.54, 1.807) is 18.2 Å². The van der Waals surface area contributed by atoms with E-state index in [1.807, 2.05) is 29.1 Å². The average molecular weight is 660 g/mol. The van der Waals surface area contributed by atoms with Crippen LogP contribution in [0.4, 0.5) is 0 Å². The van der Waals surface area contributed by atoms with Gasteiger partial charge >= 0.3 is 11.9 Å². The second kappa shape index (κ2) is 14.2. The van der Waals surface area contributed by atoms with E-state index in [0.29, 0.717) is 45.0 Å². The van der Waals surface area contributed by atoms with Crippen LogP contribution in [0.5, 0.6) is 0 Å². The Kier molecular flexibility index (Phi) is 10.9. The van der Waals surface area contributed by atoms with Crippen molar-refractivity contribution in [3.05, 3.63) is 64.0 Å². The maximum absolute atomic E-state index is 12.9. The second-order valence-electron chi connectivity index (χ2n) is 9.13. The van der Waals surface area contributed by atoms with Crippen molar-refractivity contribution in [3.8, 4) is 0 Å². The Morgan fingerprint density at radius 2 is 1.88 bits per heavy atom. The van der Waals surface area contributed by atoms with Crippen LogP contribution in [0.2, 0.25) is 10.0 Å². The molecule has 2 aliphatic rings. The van der Waals surface area contributed by atoms with Gasteiger partial charge in [0.05, 0.1) is 10.8 Å². The zero-order valence-electron chi connectivity index (χ0n) is 21.4. The standard InChI is InChI=1S/C26H25Cl2N3O7S3/c27-15-3-4-17(28)19(10-15)40-13-20(33)29-21-23(34)31-22(26(37)38)14(12-41-24(21)31)11-39-16-5-8-30(9-6-16)7-1-2-18(32)25(35)36/h3-6,8-10,18,21,24,32H,1-2,7,11-13H2,(H2-,29,33,35,36,37,38)/p+1/t18-,21-,24-/m1/s1. The van der Waals surface area contributed by atoms with Crippen molar-refractivity contribution < 1.29 is 39.1 Å². The summed E-state index contributed by atoms with van der Waals surface area (Å²) in [6.07, 6.45) is 2.94. The summed E-state index contributed by atoms with van der Waals surface area (Å²) in [6, 6.07) is 7.87. The molecule has 4 N–H and O–H groups in total. The molecule has 218 valence electrons. The van der Waals surface area contributed by atoms with Crippen molar-refractivity contribution in [1.29, 1.82) is 0 Å². The predicted molar refractivity (Wildman–Crippen MR) is 157 cm³/mol. The van der Waals surface area contributed by atoms with Gasteiger partial charge in [-0.25, -0.2) is 14.2 Å². The summed E-state index contributed by atoms with van der Waals surface area (Å²) in [7, 11) is 0.